The zero-order valence-corrected chi connectivity index (χ0v) is 16.7. The average molecular weight is 377 g/mol. The maximum absolute atomic E-state index is 5.13. The van der Waals surface area contributed by atoms with Crippen LogP contribution in [-0.2, 0) is 6.54 Å². The van der Waals surface area contributed by atoms with Crippen molar-refractivity contribution in [1.29, 1.82) is 0 Å². The third-order valence-corrected chi connectivity index (χ3v) is 6.87. The van der Waals surface area contributed by atoms with Crippen molar-refractivity contribution in [3.8, 4) is 0 Å². The van der Waals surface area contributed by atoms with Crippen molar-refractivity contribution < 1.29 is 0 Å². The van der Waals surface area contributed by atoms with Crippen LogP contribution in [0.5, 0.6) is 0 Å². The van der Waals surface area contributed by atoms with Crippen LogP contribution in [0.25, 0.3) is 15.9 Å². The van der Waals surface area contributed by atoms with Gasteiger partial charge < -0.3 is 9.30 Å². The van der Waals surface area contributed by atoms with Gasteiger partial charge in [0, 0.05) is 43.8 Å². The van der Waals surface area contributed by atoms with Gasteiger partial charge in [-0.05, 0) is 37.1 Å². The zero-order chi connectivity index (χ0) is 18.4. The lowest BCUT2D eigenvalue weighted by molar-refractivity contribution is 0.249. The maximum atomic E-state index is 5.13. The minimum Gasteiger partial charge on any atom is -0.352 e. The summed E-state index contributed by atoms with van der Waals surface area (Å²) in [6.07, 6.45) is 2.17. The largest absolute Gasteiger partial charge is 0.352 e. The summed E-state index contributed by atoms with van der Waals surface area (Å²) in [6, 6.07) is 15.1. The predicted octanol–water partition coefficient (Wildman–Crippen LogP) is 4.49. The van der Waals surface area contributed by atoms with Gasteiger partial charge in [-0.1, -0.05) is 30.3 Å². The molecule has 0 amide bonds. The van der Waals surface area contributed by atoms with Crippen LogP contribution in [0.2, 0.25) is 0 Å². The van der Waals surface area contributed by atoms with Crippen LogP contribution >= 0.6 is 11.3 Å². The summed E-state index contributed by atoms with van der Waals surface area (Å²) in [7, 11) is 0. The van der Waals surface area contributed by atoms with Gasteiger partial charge in [0.15, 0.2) is 5.82 Å². The quantitative estimate of drug-likeness (QED) is 0.526. The number of aromatic nitrogens is 2. The van der Waals surface area contributed by atoms with Gasteiger partial charge >= 0.3 is 0 Å². The summed E-state index contributed by atoms with van der Waals surface area (Å²) in [6.45, 7) is 9.61. The fourth-order valence-electron chi connectivity index (χ4n) is 3.99. The first-order valence-electron chi connectivity index (χ1n) is 9.59. The molecule has 1 fully saturated rings. The van der Waals surface area contributed by atoms with E-state index in [2.05, 4.69) is 76.7 Å². The first kappa shape index (κ1) is 16.8. The van der Waals surface area contributed by atoms with Crippen LogP contribution < -0.4 is 4.90 Å². The second kappa shape index (κ2) is 6.66. The monoisotopic (exact) mass is 376 g/mol. The fraction of sp³-hybridized carbons (Fsp3) is 0.318. The number of piperazine rings is 1. The Hall–Kier alpha value is -2.37. The van der Waals surface area contributed by atoms with Crippen molar-refractivity contribution in [1.82, 2.24) is 14.3 Å². The van der Waals surface area contributed by atoms with E-state index in [1.807, 2.05) is 11.3 Å². The summed E-state index contributed by atoms with van der Waals surface area (Å²) in [5.74, 6) is 1.13. The van der Waals surface area contributed by atoms with Gasteiger partial charge in [-0.2, -0.15) is 0 Å². The Morgan fingerprint density at radius 3 is 2.52 bits per heavy atom. The van der Waals surface area contributed by atoms with Crippen molar-refractivity contribution in [3.05, 3.63) is 64.7 Å². The van der Waals surface area contributed by atoms with Crippen molar-refractivity contribution in [2.45, 2.75) is 20.4 Å². The Morgan fingerprint density at radius 2 is 1.74 bits per heavy atom. The zero-order valence-electron chi connectivity index (χ0n) is 15.9. The SMILES string of the molecule is Cc1sc2c(nc(N3CCN(Cc4ccccc4)CC3)c3cccn32)c1C. The van der Waals surface area contributed by atoms with Crippen LogP contribution in [0.15, 0.2) is 48.7 Å². The first-order valence-corrected chi connectivity index (χ1v) is 10.4. The van der Waals surface area contributed by atoms with Crippen LogP contribution in [0.3, 0.4) is 0 Å². The molecule has 0 bridgehead atoms. The van der Waals surface area contributed by atoms with E-state index in [0.717, 1.165) is 44.1 Å². The molecular weight excluding hydrogens is 352 g/mol. The molecule has 1 aromatic carbocycles. The molecule has 0 atom stereocenters. The van der Waals surface area contributed by atoms with E-state index in [-0.39, 0.29) is 0 Å². The Bertz CT molecular complexity index is 1090. The number of rotatable bonds is 3. The topological polar surface area (TPSA) is 23.8 Å². The van der Waals surface area contributed by atoms with Gasteiger partial charge in [-0.3, -0.25) is 4.90 Å². The normalized spacial score (nSPS) is 15.9. The molecule has 4 nitrogen and oxygen atoms in total. The summed E-state index contributed by atoms with van der Waals surface area (Å²) in [5, 5.41) is 0. The molecular formula is C22H24N4S. The third-order valence-electron chi connectivity index (χ3n) is 5.67. The van der Waals surface area contributed by atoms with E-state index in [4.69, 9.17) is 4.98 Å². The molecule has 0 radical (unpaired) electrons. The van der Waals surface area contributed by atoms with Gasteiger partial charge in [0.25, 0.3) is 0 Å². The number of benzene rings is 1. The van der Waals surface area contributed by atoms with Crippen molar-refractivity contribution in [2.75, 3.05) is 31.1 Å². The van der Waals surface area contributed by atoms with Crippen LogP contribution in [0.4, 0.5) is 5.82 Å². The Labute approximate surface area is 163 Å². The van der Waals surface area contributed by atoms with Gasteiger partial charge in [-0.25, -0.2) is 4.98 Å². The van der Waals surface area contributed by atoms with E-state index >= 15 is 0 Å². The number of anilines is 1. The molecule has 0 spiro atoms. The molecule has 0 aliphatic carbocycles. The number of fused-ring (bicyclic) bond motifs is 3. The molecule has 0 saturated carbocycles. The van der Waals surface area contributed by atoms with E-state index < -0.39 is 0 Å². The highest BCUT2D eigenvalue weighted by Gasteiger charge is 2.22. The summed E-state index contributed by atoms with van der Waals surface area (Å²) < 4.78 is 2.32. The standard InChI is InChI=1S/C22H24N4S/c1-16-17(2)27-22-20(16)23-21(19-9-6-10-26(19)22)25-13-11-24(12-14-25)15-18-7-4-3-5-8-18/h3-10H,11-15H2,1-2H3. The molecule has 0 N–H and O–H groups in total. The van der Waals surface area contributed by atoms with Crippen molar-refractivity contribution >= 4 is 33.0 Å². The number of thiophene rings is 1. The van der Waals surface area contributed by atoms with Gasteiger partial charge in [0.1, 0.15) is 10.3 Å². The van der Waals surface area contributed by atoms with Crippen LogP contribution in [-0.4, -0.2) is 40.5 Å². The van der Waals surface area contributed by atoms with Gasteiger partial charge in [0.05, 0.1) is 5.52 Å². The molecule has 1 aliphatic rings. The Morgan fingerprint density at radius 1 is 0.963 bits per heavy atom. The lowest BCUT2D eigenvalue weighted by Crippen LogP contribution is -2.46. The van der Waals surface area contributed by atoms with Crippen molar-refractivity contribution in [2.24, 2.45) is 0 Å². The van der Waals surface area contributed by atoms with E-state index in [0.29, 0.717) is 0 Å². The molecule has 4 heterocycles. The highest BCUT2D eigenvalue weighted by atomic mass is 32.1. The molecule has 4 aromatic rings. The smallest absolute Gasteiger partial charge is 0.153 e. The Kier molecular flexibility index (Phi) is 4.14. The van der Waals surface area contributed by atoms with Crippen LogP contribution in [0.1, 0.15) is 16.0 Å². The Balaban J connectivity index is 1.42. The maximum Gasteiger partial charge on any atom is 0.153 e. The second-order valence-electron chi connectivity index (χ2n) is 7.38. The first-order chi connectivity index (χ1) is 13.2. The number of aryl methyl sites for hydroxylation is 2. The number of hydrogen-bond acceptors (Lipinski definition) is 4. The molecule has 138 valence electrons. The third kappa shape index (κ3) is 2.91. The lowest BCUT2D eigenvalue weighted by Gasteiger charge is -2.35. The minimum atomic E-state index is 1.02. The second-order valence-corrected chi connectivity index (χ2v) is 8.59. The highest BCUT2D eigenvalue weighted by Crippen LogP contribution is 2.33. The molecule has 0 unspecified atom stereocenters. The summed E-state index contributed by atoms with van der Waals surface area (Å²) >= 11 is 1.84. The molecule has 1 aliphatic heterocycles. The van der Waals surface area contributed by atoms with Gasteiger partial charge in [0.2, 0.25) is 0 Å². The summed E-state index contributed by atoms with van der Waals surface area (Å²) in [4.78, 5) is 12.7. The highest BCUT2D eigenvalue weighted by molar-refractivity contribution is 7.18. The molecule has 3 aromatic heterocycles. The molecule has 5 rings (SSSR count). The van der Waals surface area contributed by atoms with E-state index in [1.165, 1.54) is 26.4 Å². The predicted molar refractivity (Wildman–Crippen MR) is 114 cm³/mol. The molecule has 27 heavy (non-hydrogen) atoms. The molecule has 5 heteroatoms. The van der Waals surface area contributed by atoms with E-state index in [9.17, 15) is 0 Å². The number of nitrogens with zero attached hydrogens (tertiary/aromatic N) is 4. The van der Waals surface area contributed by atoms with Gasteiger partial charge in [-0.15, -0.1) is 11.3 Å². The number of hydrogen-bond donors (Lipinski definition) is 0. The fourth-order valence-corrected chi connectivity index (χ4v) is 5.08. The average Bonchev–Trinajstić information content (AvgIpc) is 3.29. The minimum absolute atomic E-state index is 1.02. The summed E-state index contributed by atoms with van der Waals surface area (Å²) in [5.41, 5.74) is 5.08. The van der Waals surface area contributed by atoms with Crippen molar-refractivity contribution in [3.63, 3.8) is 0 Å². The molecule has 1 saturated heterocycles. The lowest BCUT2D eigenvalue weighted by atomic mass is 10.2. The van der Waals surface area contributed by atoms with E-state index in [1.54, 1.807) is 0 Å². The van der Waals surface area contributed by atoms with Crippen LogP contribution in [0, 0.1) is 13.8 Å².